The number of hydrogen-bond donors (Lipinski definition) is 2. The van der Waals surface area contributed by atoms with Gasteiger partial charge >= 0.3 is 5.97 Å². The van der Waals surface area contributed by atoms with Gasteiger partial charge in [0.25, 0.3) is 0 Å². The minimum atomic E-state index is -0.955. The highest BCUT2D eigenvalue weighted by atomic mass is 32.1. The number of anilines is 1. The molecule has 22 heavy (non-hydrogen) atoms. The number of morpholine rings is 1. The van der Waals surface area contributed by atoms with Gasteiger partial charge in [0.05, 0.1) is 25.5 Å². The van der Waals surface area contributed by atoms with Gasteiger partial charge in [-0.2, -0.15) is 0 Å². The third kappa shape index (κ3) is 3.27. The number of hydrogen-bond acceptors (Lipinski definition) is 6. The fourth-order valence-corrected chi connectivity index (χ4v) is 3.38. The van der Waals surface area contributed by atoms with Gasteiger partial charge in [-0.1, -0.05) is 12.1 Å². The molecule has 1 fully saturated rings. The summed E-state index contributed by atoms with van der Waals surface area (Å²) in [5, 5.41) is 10.2. The molecule has 0 spiro atoms. The first-order valence-electron chi connectivity index (χ1n) is 7.02. The lowest BCUT2D eigenvalue weighted by Crippen LogP contribution is -2.35. The Kier molecular flexibility index (Phi) is 4.37. The van der Waals surface area contributed by atoms with Crippen molar-refractivity contribution in [3.05, 3.63) is 34.2 Å². The maximum atomic E-state index is 11.5. The van der Waals surface area contributed by atoms with E-state index < -0.39 is 5.97 Å². The molecule has 0 aliphatic carbocycles. The molecular weight excluding hydrogens is 302 g/mol. The Bertz CT molecular complexity index is 680. The molecule has 1 aromatic carbocycles. The number of ether oxygens (including phenoxy) is 1. The second-order valence-corrected chi connectivity index (χ2v) is 6.19. The highest BCUT2D eigenvalue weighted by Crippen LogP contribution is 2.30. The molecule has 1 saturated heterocycles. The van der Waals surface area contributed by atoms with Crippen LogP contribution < -0.4 is 5.73 Å². The molecule has 0 bridgehead atoms. The number of nitrogen functional groups attached to an aromatic ring is 1. The monoisotopic (exact) mass is 319 g/mol. The number of aromatic carboxylic acids is 1. The van der Waals surface area contributed by atoms with Crippen molar-refractivity contribution in [2.75, 3.05) is 32.0 Å². The number of thiazole rings is 1. The molecule has 116 valence electrons. The van der Waals surface area contributed by atoms with Gasteiger partial charge in [-0.25, -0.2) is 9.78 Å². The maximum absolute atomic E-state index is 11.5. The number of carboxylic acid groups (broad SMARTS) is 1. The van der Waals surface area contributed by atoms with E-state index in [9.17, 15) is 9.90 Å². The minimum Gasteiger partial charge on any atom is -0.477 e. The number of nitrogens with zero attached hydrogens (tertiary/aromatic N) is 2. The van der Waals surface area contributed by atoms with Gasteiger partial charge in [0.2, 0.25) is 0 Å². The van der Waals surface area contributed by atoms with E-state index in [2.05, 4.69) is 9.88 Å². The van der Waals surface area contributed by atoms with E-state index in [-0.39, 0.29) is 4.88 Å². The summed E-state index contributed by atoms with van der Waals surface area (Å²) in [6.07, 6.45) is 0. The summed E-state index contributed by atoms with van der Waals surface area (Å²) < 4.78 is 5.32. The summed E-state index contributed by atoms with van der Waals surface area (Å²) in [6, 6.07) is 7.15. The molecule has 2 aromatic rings. The fraction of sp³-hybridized carbons (Fsp3) is 0.333. The molecule has 1 aliphatic rings. The molecule has 6 nitrogen and oxygen atoms in total. The molecule has 0 saturated carbocycles. The van der Waals surface area contributed by atoms with Crippen LogP contribution in [-0.4, -0.2) is 47.3 Å². The Morgan fingerprint density at radius 3 is 2.86 bits per heavy atom. The molecule has 0 unspecified atom stereocenters. The second kappa shape index (κ2) is 6.43. The third-order valence-electron chi connectivity index (χ3n) is 3.49. The molecule has 0 atom stereocenters. The summed E-state index contributed by atoms with van der Waals surface area (Å²) in [5.74, 6) is -0.955. The van der Waals surface area contributed by atoms with Crippen LogP contribution >= 0.6 is 11.3 Å². The van der Waals surface area contributed by atoms with Crippen molar-refractivity contribution in [3.63, 3.8) is 0 Å². The Hall–Kier alpha value is -1.96. The zero-order valence-electron chi connectivity index (χ0n) is 12.0. The van der Waals surface area contributed by atoms with Crippen molar-refractivity contribution in [2.24, 2.45) is 0 Å². The lowest BCUT2D eigenvalue weighted by atomic mass is 10.1. The number of rotatable bonds is 4. The molecule has 3 rings (SSSR count). The van der Waals surface area contributed by atoms with Gasteiger partial charge in [0, 0.05) is 24.3 Å². The van der Waals surface area contributed by atoms with Crippen molar-refractivity contribution in [2.45, 2.75) is 6.54 Å². The van der Waals surface area contributed by atoms with Gasteiger partial charge in [0.1, 0.15) is 9.88 Å². The van der Waals surface area contributed by atoms with Crippen LogP contribution in [0.4, 0.5) is 5.69 Å². The molecule has 0 amide bonds. The van der Waals surface area contributed by atoms with Crippen molar-refractivity contribution in [3.8, 4) is 11.3 Å². The van der Waals surface area contributed by atoms with Gasteiger partial charge in [-0.3, -0.25) is 4.90 Å². The van der Waals surface area contributed by atoms with Gasteiger partial charge in [-0.05, 0) is 12.1 Å². The number of carbonyl (C=O) groups is 1. The van der Waals surface area contributed by atoms with Gasteiger partial charge in [-0.15, -0.1) is 11.3 Å². The first kappa shape index (κ1) is 15.0. The first-order valence-corrected chi connectivity index (χ1v) is 7.84. The summed E-state index contributed by atoms with van der Waals surface area (Å²) >= 11 is 1.23. The summed E-state index contributed by atoms with van der Waals surface area (Å²) in [4.78, 5) is 18.5. The number of nitrogens with two attached hydrogens (primary N) is 1. The molecule has 7 heteroatoms. The number of carboxylic acids is 1. The van der Waals surface area contributed by atoms with Gasteiger partial charge < -0.3 is 15.6 Å². The van der Waals surface area contributed by atoms with E-state index in [4.69, 9.17) is 10.5 Å². The van der Waals surface area contributed by atoms with Crippen LogP contribution in [-0.2, 0) is 11.3 Å². The summed E-state index contributed by atoms with van der Waals surface area (Å²) in [6.45, 7) is 3.75. The van der Waals surface area contributed by atoms with E-state index in [1.165, 1.54) is 11.3 Å². The molecule has 1 aromatic heterocycles. The second-order valence-electron chi connectivity index (χ2n) is 5.10. The molecule has 0 radical (unpaired) electrons. The van der Waals surface area contributed by atoms with Crippen molar-refractivity contribution >= 4 is 23.0 Å². The summed E-state index contributed by atoms with van der Waals surface area (Å²) in [7, 11) is 0. The Labute approximate surface area is 132 Å². The fourth-order valence-electron chi connectivity index (χ4n) is 2.41. The van der Waals surface area contributed by atoms with Crippen LogP contribution in [0.3, 0.4) is 0 Å². The Morgan fingerprint density at radius 2 is 2.18 bits per heavy atom. The highest BCUT2D eigenvalue weighted by Gasteiger charge is 2.21. The van der Waals surface area contributed by atoms with E-state index in [0.717, 1.165) is 23.7 Å². The maximum Gasteiger partial charge on any atom is 0.348 e. The van der Waals surface area contributed by atoms with E-state index in [1.54, 1.807) is 18.2 Å². The summed E-state index contributed by atoms with van der Waals surface area (Å²) in [5.41, 5.74) is 7.61. The lowest BCUT2D eigenvalue weighted by Gasteiger charge is -2.25. The molecule has 3 N–H and O–H groups in total. The topological polar surface area (TPSA) is 88.7 Å². The van der Waals surface area contributed by atoms with Crippen molar-refractivity contribution in [1.82, 2.24) is 9.88 Å². The number of benzene rings is 1. The molecule has 2 heterocycles. The quantitative estimate of drug-likeness (QED) is 0.837. The molecular formula is C15H17N3O3S. The van der Waals surface area contributed by atoms with Gasteiger partial charge in [0.15, 0.2) is 0 Å². The third-order valence-corrected chi connectivity index (χ3v) is 4.52. The smallest absolute Gasteiger partial charge is 0.348 e. The van der Waals surface area contributed by atoms with E-state index in [0.29, 0.717) is 31.1 Å². The zero-order valence-corrected chi connectivity index (χ0v) is 12.8. The number of aromatic nitrogens is 1. The first-order chi connectivity index (χ1) is 10.6. The average Bonchev–Trinajstić information content (AvgIpc) is 2.92. The van der Waals surface area contributed by atoms with Crippen LogP contribution in [0.25, 0.3) is 11.3 Å². The van der Waals surface area contributed by atoms with Crippen LogP contribution in [0, 0.1) is 0 Å². The molecule has 1 aliphatic heterocycles. The predicted octanol–water partition coefficient (Wildman–Crippen LogP) is 1.92. The highest BCUT2D eigenvalue weighted by molar-refractivity contribution is 7.14. The van der Waals surface area contributed by atoms with Crippen molar-refractivity contribution < 1.29 is 14.6 Å². The van der Waals surface area contributed by atoms with Crippen LogP contribution in [0.2, 0.25) is 0 Å². The minimum absolute atomic E-state index is 0.258. The lowest BCUT2D eigenvalue weighted by molar-refractivity contribution is 0.0341. The average molecular weight is 319 g/mol. The zero-order chi connectivity index (χ0) is 15.5. The Balaban J connectivity index is 1.90. The van der Waals surface area contributed by atoms with Crippen molar-refractivity contribution in [1.29, 1.82) is 0 Å². The van der Waals surface area contributed by atoms with E-state index in [1.807, 2.05) is 6.07 Å². The van der Waals surface area contributed by atoms with Crippen LogP contribution in [0.5, 0.6) is 0 Å². The predicted molar refractivity (Wildman–Crippen MR) is 85.0 cm³/mol. The van der Waals surface area contributed by atoms with Crippen LogP contribution in [0.15, 0.2) is 24.3 Å². The normalized spacial score (nSPS) is 15.8. The standard InChI is InChI=1S/C15H17N3O3S/c16-11-3-1-2-10(8-11)13-14(15(19)20)22-12(17-13)9-18-4-6-21-7-5-18/h1-3,8H,4-7,9,16H2,(H,19,20). The van der Waals surface area contributed by atoms with E-state index >= 15 is 0 Å². The van der Waals surface area contributed by atoms with Crippen LogP contribution in [0.1, 0.15) is 14.7 Å². The largest absolute Gasteiger partial charge is 0.477 e. The SMILES string of the molecule is Nc1cccc(-c2nc(CN3CCOCC3)sc2C(=O)O)c1. The Morgan fingerprint density at radius 1 is 1.41 bits per heavy atom.